The summed E-state index contributed by atoms with van der Waals surface area (Å²) >= 11 is 0. The number of furan rings is 1. The molecule has 0 fully saturated rings. The van der Waals surface area contributed by atoms with Crippen LogP contribution in [-0.2, 0) is 6.42 Å². The van der Waals surface area contributed by atoms with Crippen molar-refractivity contribution >= 4 is 11.0 Å². The second kappa shape index (κ2) is 4.02. The Kier molecular flexibility index (Phi) is 2.47. The highest BCUT2D eigenvalue weighted by Gasteiger charge is 2.12. The standard InChI is InChI=1S/C15H16N2O/c1-4-13-11(5-6-18-13)15-16-12-8-9(2)7-10(3)14(12)17-15/h5-8H,4H2,1-3H3,(H,16,17). The van der Waals surface area contributed by atoms with E-state index in [1.54, 1.807) is 6.26 Å². The number of imidazole rings is 1. The number of H-pyrrole nitrogens is 1. The molecule has 1 aromatic carbocycles. The van der Waals surface area contributed by atoms with Crippen molar-refractivity contribution in [3.8, 4) is 11.4 Å². The summed E-state index contributed by atoms with van der Waals surface area (Å²) in [5.41, 5.74) is 5.64. The molecule has 0 aliphatic heterocycles. The highest BCUT2D eigenvalue weighted by Crippen LogP contribution is 2.27. The average Bonchev–Trinajstić information content (AvgIpc) is 2.92. The summed E-state index contributed by atoms with van der Waals surface area (Å²) < 4.78 is 5.46. The van der Waals surface area contributed by atoms with Gasteiger partial charge >= 0.3 is 0 Å². The lowest BCUT2D eigenvalue weighted by Crippen LogP contribution is -1.83. The number of nitrogens with zero attached hydrogens (tertiary/aromatic N) is 1. The van der Waals surface area contributed by atoms with Crippen molar-refractivity contribution in [3.63, 3.8) is 0 Å². The average molecular weight is 240 g/mol. The van der Waals surface area contributed by atoms with E-state index in [0.29, 0.717) is 0 Å². The lowest BCUT2D eigenvalue weighted by Gasteiger charge is -1.96. The third-order valence-corrected chi connectivity index (χ3v) is 3.24. The molecule has 0 atom stereocenters. The number of fused-ring (bicyclic) bond motifs is 1. The van der Waals surface area contributed by atoms with E-state index in [2.05, 4.69) is 42.9 Å². The molecule has 3 rings (SSSR count). The van der Waals surface area contributed by atoms with E-state index in [-0.39, 0.29) is 0 Å². The number of hydrogen-bond acceptors (Lipinski definition) is 2. The largest absolute Gasteiger partial charge is 0.469 e. The Morgan fingerprint density at radius 3 is 2.89 bits per heavy atom. The van der Waals surface area contributed by atoms with E-state index < -0.39 is 0 Å². The van der Waals surface area contributed by atoms with Gasteiger partial charge in [-0.3, -0.25) is 0 Å². The van der Waals surface area contributed by atoms with Crippen molar-refractivity contribution in [1.82, 2.24) is 9.97 Å². The Morgan fingerprint density at radius 2 is 2.11 bits per heavy atom. The fourth-order valence-corrected chi connectivity index (χ4v) is 2.42. The fourth-order valence-electron chi connectivity index (χ4n) is 2.42. The molecule has 0 saturated heterocycles. The van der Waals surface area contributed by atoms with Gasteiger partial charge in [0.15, 0.2) is 0 Å². The predicted octanol–water partition coefficient (Wildman–Crippen LogP) is 4.00. The quantitative estimate of drug-likeness (QED) is 0.735. The van der Waals surface area contributed by atoms with E-state index in [4.69, 9.17) is 4.42 Å². The molecule has 0 unspecified atom stereocenters. The Morgan fingerprint density at radius 1 is 1.28 bits per heavy atom. The van der Waals surface area contributed by atoms with E-state index in [1.165, 1.54) is 11.1 Å². The van der Waals surface area contributed by atoms with Crippen molar-refractivity contribution in [2.75, 3.05) is 0 Å². The Hall–Kier alpha value is -2.03. The molecule has 3 aromatic rings. The van der Waals surface area contributed by atoms with Gasteiger partial charge in [0, 0.05) is 6.42 Å². The third kappa shape index (κ3) is 1.63. The molecule has 92 valence electrons. The summed E-state index contributed by atoms with van der Waals surface area (Å²) in [4.78, 5) is 8.07. The Bertz CT molecular complexity index is 706. The Balaban J connectivity index is 2.22. The van der Waals surface area contributed by atoms with Crippen LogP contribution in [0.4, 0.5) is 0 Å². The van der Waals surface area contributed by atoms with Crippen molar-refractivity contribution in [1.29, 1.82) is 0 Å². The van der Waals surface area contributed by atoms with Gasteiger partial charge in [-0.15, -0.1) is 0 Å². The summed E-state index contributed by atoms with van der Waals surface area (Å²) in [6.45, 7) is 6.28. The van der Waals surface area contributed by atoms with Crippen LogP contribution in [0.15, 0.2) is 28.9 Å². The van der Waals surface area contributed by atoms with Crippen molar-refractivity contribution < 1.29 is 4.42 Å². The lowest BCUT2D eigenvalue weighted by atomic mass is 10.1. The Labute approximate surface area is 106 Å². The maximum atomic E-state index is 5.46. The zero-order chi connectivity index (χ0) is 12.7. The molecule has 1 N–H and O–H groups in total. The van der Waals surface area contributed by atoms with Crippen LogP contribution in [0.5, 0.6) is 0 Å². The molecule has 3 nitrogen and oxygen atoms in total. The SMILES string of the molecule is CCc1occc1-c1nc2c(C)cc(C)cc2[nH]1. The van der Waals surface area contributed by atoms with Crippen molar-refractivity contribution in [2.45, 2.75) is 27.2 Å². The normalized spacial score (nSPS) is 11.3. The summed E-state index contributed by atoms with van der Waals surface area (Å²) in [6.07, 6.45) is 2.59. The molecule has 0 amide bonds. The second-order valence-corrected chi connectivity index (χ2v) is 4.67. The first-order valence-electron chi connectivity index (χ1n) is 6.22. The number of aryl methyl sites for hydroxylation is 3. The van der Waals surface area contributed by atoms with Gasteiger partial charge in [0.1, 0.15) is 11.6 Å². The van der Waals surface area contributed by atoms with Gasteiger partial charge in [-0.05, 0) is 37.1 Å². The number of benzene rings is 1. The van der Waals surface area contributed by atoms with Crippen LogP contribution in [0.25, 0.3) is 22.4 Å². The van der Waals surface area contributed by atoms with Crippen LogP contribution >= 0.6 is 0 Å². The zero-order valence-corrected chi connectivity index (χ0v) is 10.9. The lowest BCUT2D eigenvalue weighted by molar-refractivity contribution is 0.517. The second-order valence-electron chi connectivity index (χ2n) is 4.67. The van der Waals surface area contributed by atoms with Gasteiger partial charge in [-0.25, -0.2) is 4.98 Å². The van der Waals surface area contributed by atoms with Crippen LogP contribution in [0.1, 0.15) is 23.8 Å². The molecule has 0 bridgehead atoms. The van der Waals surface area contributed by atoms with Gasteiger partial charge < -0.3 is 9.40 Å². The fraction of sp³-hybridized carbons (Fsp3) is 0.267. The van der Waals surface area contributed by atoms with Crippen LogP contribution in [0.2, 0.25) is 0 Å². The van der Waals surface area contributed by atoms with E-state index >= 15 is 0 Å². The van der Waals surface area contributed by atoms with Gasteiger partial charge in [-0.2, -0.15) is 0 Å². The molecule has 0 saturated carbocycles. The van der Waals surface area contributed by atoms with Crippen LogP contribution < -0.4 is 0 Å². The molecular weight excluding hydrogens is 224 g/mol. The highest BCUT2D eigenvalue weighted by atomic mass is 16.3. The smallest absolute Gasteiger partial charge is 0.142 e. The first-order chi connectivity index (χ1) is 8.69. The minimum Gasteiger partial charge on any atom is -0.469 e. The maximum absolute atomic E-state index is 5.46. The van der Waals surface area contributed by atoms with Gasteiger partial charge in [0.2, 0.25) is 0 Å². The van der Waals surface area contributed by atoms with Crippen LogP contribution in [0.3, 0.4) is 0 Å². The topological polar surface area (TPSA) is 41.8 Å². The number of hydrogen-bond donors (Lipinski definition) is 1. The number of rotatable bonds is 2. The van der Waals surface area contributed by atoms with E-state index in [1.807, 2.05) is 6.07 Å². The molecule has 0 spiro atoms. The third-order valence-electron chi connectivity index (χ3n) is 3.24. The number of aromatic amines is 1. The predicted molar refractivity (Wildman–Crippen MR) is 72.6 cm³/mol. The molecule has 0 aliphatic rings. The molecule has 0 aliphatic carbocycles. The molecule has 2 heterocycles. The maximum Gasteiger partial charge on any atom is 0.142 e. The molecule has 2 aromatic heterocycles. The molecule has 0 radical (unpaired) electrons. The monoisotopic (exact) mass is 240 g/mol. The number of aromatic nitrogens is 2. The van der Waals surface area contributed by atoms with Gasteiger partial charge in [-0.1, -0.05) is 13.0 Å². The van der Waals surface area contributed by atoms with Crippen molar-refractivity contribution in [2.24, 2.45) is 0 Å². The first kappa shape index (κ1) is 11.1. The zero-order valence-electron chi connectivity index (χ0n) is 10.9. The van der Waals surface area contributed by atoms with Crippen molar-refractivity contribution in [3.05, 3.63) is 41.3 Å². The molecular formula is C15H16N2O. The number of nitrogens with one attached hydrogen (secondary N) is 1. The minimum atomic E-state index is 0.872. The van der Waals surface area contributed by atoms with Gasteiger partial charge in [0.25, 0.3) is 0 Å². The summed E-state index contributed by atoms with van der Waals surface area (Å²) in [5, 5.41) is 0. The van der Waals surface area contributed by atoms with Gasteiger partial charge in [0.05, 0.1) is 22.9 Å². The highest BCUT2D eigenvalue weighted by molar-refractivity contribution is 5.83. The first-order valence-corrected chi connectivity index (χ1v) is 6.22. The summed E-state index contributed by atoms with van der Waals surface area (Å²) in [5.74, 6) is 1.87. The molecule has 3 heteroatoms. The molecule has 18 heavy (non-hydrogen) atoms. The summed E-state index contributed by atoms with van der Waals surface area (Å²) in [6, 6.07) is 6.26. The minimum absolute atomic E-state index is 0.872. The van der Waals surface area contributed by atoms with Crippen LogP contribution in [0, 0.1) is 13.8 Å². The van der Waals surface area contributed by atoms with Crippen LogP contribution in [-0.4, -0.2) is 9.97 Å². The van der Waals surface area contributed by atoms with E-state index in [9.17, 15) is 0 Å². The van der Waals surface area contributed by atoms with E-state index in [0.717, 1.165) is 34.6 Å². The summed E-state index contributed by atoms with van der Waals surface area (Å²) in [7, 11) is 0.